The van der Waals surface area contributed by atoms with Crippen LogP contribution in [0.3, 0.4) is 0 Å². The summed E-state index contributed by atoms with van der Waals surface area (Å²) in [4.78, 5) is 24.8. The van der Waals surface area contributed by atoms with Crippen molar-refractivity contribution in [2.75, 3.05) is 0 Å². The number of hydrogen-bond acceptors (Lipinski definition) is 2. The van der Waals surface area contributed by atoms with Crippen LogP contribution in [0.1, 0.15) is 42.1 Å². The fraction of sp³-hybridized carbons (Fsp3) is 0.263. The van der Waals surface area contributed by atoms with E-state index in [1.165, 1.54) is 12.1 Å². The highest BCUT2D eigenvalue weighted by molar-refractivity contribution is 6.03. The molecule has 0 saturated carbocycles. The highest BCUT2D eigenvalue weighted by Crippen LogP contribution is 2.26. The van der Waals surface area contributed by atoms with Gasteiger partial charge in [0.1, 0.15) is 11.6 Å². The summed E-state index contributed by atoms with van der Waals surface area (Å²) in [6.07, 6.45) is 0.136. The molecule has 22 heavy (non-hydrogen) atoms. The van der Waals surface area contributed by atoms with Crippen molar-refractivity contribution in [2.45, 2.75) is 26.2 Å². The van der Waals surface area contributed by atoms with Gasteiger partial charge in [-0.1, -0.05) is 56.3 Å². The Morgan fingerprint density at radius 1 is 0.955 bits per heavy atom. The van der Waals surface area contributed by atoms with Crippen LogP contribution < -0.4 is 0 Å². The van der Waals surface area contributed by atoms with Crippen LogP contribution in [0.2, 0.25) is 0 Å². The number of carbonyl (C=O) groups is 2. The molecule has 2 aromatic rings. The summed E-state index contributed by atoms with van der Waals surface area (Å²) < 4.78 is 13.1. The van der Waals surface area contributed by atoms with Crippen LogP contribution in [0.15, 0.2) is 54.6 Å². The fourth-order valence-electron chi connectivity index (χ4n) is 2.30. The second kappa shape index (κ2) is 7.12. The van der Waals surface area contributed by atoms with Gasteiger partial charge in [-0.05, 0) is 17.7 Å². The van der Waals surface area contributed by atoms with Gasteiger partial charge in [0, 0.05) is 17.9 Å². The molecule has 0 amide bonds. The van der Waals surface area contributed by atoms with E-state index >= 15 is 0 Å². The number of hydrogen-bond donors (Lipinski definition) is 0. The first-order valence-electron chi connectivity index (χ1n) is 7.36. The molecule has 0 aliphatic heterocycles. The monoisotopic (exact) mass is 298 g/mol. The van der Waals surface area contributed by atoms with Crippen LogP contribution in [0.5, 0.6) is 0 Å². The number of Topliss-reactive ketones (excluding diaryl/α,β-unsaturated/α-hetero) is 2. The van der Waals surface area contributed by atoms with Gasteiger partial charge >= 0.3 is 0 Å². The lowest BCUT2D eigenvalue weighted by Crippen LogP contribution is -2.19. The van der Waals surface area contributed by atoms with Gasteiger partial charge in [0.2, 0.25) is 0 Å². The zero-order chi connectivity index (χ0) is 16.1. The van der Waals surface area contributed by atoms with E-state index in [9.17, 15) is 14.0 Å². The second-order valence-electron chi connectivity index (χ2n) is 5.66. The first kappa shape index (κ1) is 16.1. The lowest BCUT2D eigenvalue weighted by Gasteiger charge is -2.17. The van der Waals surface area contributed by atoms with Gasteiger partial charge in [-0.2, -0.15) is 0 Å². The summed E-state index contributed by atoms with van der Waals surface area (Å²) in [6.45, 7) is 3.63. The Morgan fingerprint density at radius 2 is 1.55 bits per heavy atom. The molecule has 1 atom stereocenters. The summed E-state index contributed by atoms with van der Waals surface area (Å²) in [7, 11) is 0. The highest BCUT2D eigenvalue weighted by atomic mass is 19.1. The van der Waals surface area contributed by atoms with Crippen molar-refractivity contribution in [3.05, 3.63) is 71.5 Å². The van der Waals surface area contributed by atoms with Crippen molar-refractivity contribution in [3.63, 3.8) is 0 Å². The molecular weight excluding hydrogens is 279 g/mol. The third kappa shape index (κ3) is 3.88. The van der Waals surface area contributed by atoms with Gasteiger partial charge < -0.3 is 0 Å². The van der Waals surface area contributed by atoms with Gasteiger partial charge in [-0.25, -0.2) is 4.39 Å². The Balaban J connectivity index is 2.34. The van der Waals surface area contributed by atoms with E-state index in [1.54, 1.807) is 36.4 Å². The summed E-state index contributed by atoms with van der Waals surface area (Å²) in [5, 5.41) is 0. The molecule has 0 aromatic heterocycles. The molecule has 0 spiro atoms. The van der Waals surface area contributed by atoms with Crippen molar-refractivity contribution in [3.8, 4) is 0 Å². The minimum absolute atomic E-state index is 0.0265. The molecule has 0 fully saturated rings. The topological polar surface area (TPSA) is 34.1 Å². The van der Waals surface area contributed by atoms with Crippen molar-refractivity contribution < 1.29 is 14.0 Å². The number of rotatable bonds is 6. The molecule has 0 bridgehead atoms. The van der Waals surface area contributed by atoms with Crippen molar-refractivity contribution in [2.24, 2.45) is 5.92 Å². The summed E-state index contributed by atoms with van der Waals surface area (Å²) in [5.41, 5.74) is 1.23. The lowest BCUT2D eigenvalue weighted by atomic mass is 9.85. The maximum atomic E-state index is 13.1. The average Bonchev–Trinajstić information content (AvgIpc) is 2.53. The summed E-state index contributed by atoms with van der Waals surface area (Å²) >= 11 is 0. The standard InChI is InChI=1S/C19H19FO2/c1-13(2)18(21)12-17(14-8-10-16(20)11-9-14)19(22)15-6-4-3-5-7-15/h3-11,13,17H,12H2,1-2H3. The smallest absolute Gasteiger partial charge is 0.170 e. The van der Waals surface area contributed by atoms with Gasteiger partial charge in [0.05, 0.1) is 5.92 Å². The van der Waals surface area contributed by atoms with Crippen LogP contribution in [0.4, 0.5) is 4.39 Å². The summed E-state index contributed by atoms with van der Waals surface area (Å²) in [6, 6.07) is 14.7. The van der Waals surface area contributed by atoms with E-state index < -0.39 is 5.92 Å². The van der Waals surface area contributed by atoms with Gasteiger partial charge in [0.15, 0.2) is 5.78 Å². The van der Waals surface area contributed by atoms with Crippen LogP contribution in [0.25, 0.3) is 0 Å². The van der Waals surface area contributed by atoms with E-state index in [4.69, 9.17) is 0 Å². The molecule has 2 rings (SSSR count). The molecule has 2 aromatic carbocycles. The van der Waals surface area contributed by atoms with Crippen molar-refractivity contribution >= 4 is 11.6 Å². The molecular formula is C19H19FO2. The number of benzene rings is 2. The minimum Gasteiger partial charge on any atom is -0.299 e. The van der Waals surface area contributed by atoms with Crippen molar-refractivity contribution in [1.82, 2.24) is 0 Å². The van der Waals surface area contributed by atoms with Crippen LogP contribution in [-0.4, -0.2) is 11.6 Å². The molecule has 3 heteroatoms. The number of halogens is 1. The van der Waals surface area contributed by atoms with Crippen LogP contribution in [0, 0.1) is 11.7 Å². The Labute approximate surface area is 130 Å². The van der Waals surface area contributed by atoms with E-state index in [0.29, 0.717) is 11.1 Å². The molecule has 0 aliphatic rings. The number of ketones is 2. The van der Waals surface area contributed by atoms with E-state index in [1.807, 2.05) is 19.9 Å². The van der Waals surface area contributed by atoms with E-state index in [0.717, 1.165) is 0 Å². The zero-order valence-electron chi connectivity index (χ0n) is 12.8. The molecule has 0 radical (unpaired) electrons. The molecule has 0 N–H and O–H groups in total. The lowest BCUT2D eigenvalue weighted by molar-refractivity contribution is -0.122. The van der Waals surface area contributed by atoms with Gasteiger partial charge in [-0.15, -0.1) is 0 Å². The van der Waals surface area contributed by atoms with Gasteiger partial charge in [-0.3, -0.25) is 9.59 Å². The predicted octanol–water partition coefficient (Wildman–Crippen LogP) is 4.41. The molecule has 0 saturated heterocycles. The Bertz CT molecular complexity index is 645. The molecule has 0 heterocycles. The SMILES string of the molecule is CC(C)C(=O)CC(C(=O)c1ccccc1)c1ccc(F)cc1. The minimum atomic E-state index is -0.571. The quantitative estimate of drug-likeness (QED) is 0.740. The first-order chi connectivity index (χ1) is 10.5. The first-order valence-corrected chi connectivity index (χ1v) is 7.36. The molecule has 1 unspecified atom stereocenters. The third-order valence-electron chi connectivity index (χ3n) is 3.70. The Hall–Kier alpha value is -2.29. The molecule has 0 aliphatic carbocycles. The summed E-state index contributed by atoms with van der Waals surface area (Å²) in [5.74, 6) is -1.14. The van der Waals surface area contributed by atoms with Crippen LogP contribution >= 0.6 is 0 Å². The van der Waals surface area contributed by atoms with Crippen LogP contribution in [-0.2, 0) is 4.79 Å². The highest BCUT2D eigenvalue weighted by Gasteiger charge is 2.25. The van der Waals surface area contributed by atoms with E-state index in [-0.39, 0.29) is 29.7 Å². The predicted molar refractivity (Wildman–Crippen MR) is 84.4 cm³/mol. The molecule has 2 nitrogen and oxygen atoms in total. The zero-order valence-corrected chi connectivity index (χ0v) is 12.8. The van der Waals surface area contributed by atoms with Gasteiger partial charge in [0.25, 0.3) is 0 Å². The maximum Gasteiger partial charge on any atom is 0.170 e. The Kier molecular flexibility index (Phi) is 5.21. The largest absolute Gasteiger partial charge is 0.299 e. The maximum absolute atomic E-state index is 13.1. The normalized spacial score (nSPS) is 12.2. The number of carbonyl (C=O) groups excluding carboxylic acids is 2. The van der Waals surface area contributed by atoms with E-state index in [2.05, 4.69) is 0 Å². The van der Waals surface area contributed by atoms with Crippen molar-refractivity contribution in [1.29, 1.82) is 0 Å². The molecule has 114 valence electrons. The Morgan fingerprint density at radius 3 is 2.09 bits per heavy atom. The fourth-order valence-corrected chi connectivity index (χ4v) is 2.30. The average molecular weight is 298 g/mol. The second-order valence-corrected chi connectivity index (χ2v) is 5.66. The third-order valence-corrected chi connectivity index (χ3v) is 3.70.